The van der Waals surface area contributed by atoms with Gasteiger partial charge >= 0.3 is 23.9 Å². The van der Waals surface area contributed by atoms with Crippen molar-refractivity contribution in [2.45, 2.75) is 340 Å². The summed E-state index contributed by atoms with van der Waals surface area (Å²) in [7, 11) is 0. The predicted molar refractivity (Wildman–Crippen MR) is 331 cm³/mol. The second-order valence-electron chi connectivity index (χ2n) is 22.7. The molecule has 0 spiro atoms. The van der Waals surface area contributed by atoms with Crippen LogP contribution in [0.25, 0.3) is 0 Å². The van der Waals surface area contributed by atoms with Gasteiger partial charge in [0.25, 0.3) is 0 Å². The summed E-state index contributed by atoms with van der Waals surface area (Å²) in [6, 6.07) is 0. The summed E-state index contributed by atoms with van der Waals surface area (Å²) in [4.78, 5) is 51.3. The highest BCUT2D eigenvalue weighted by atomic mass is 16.7. The molecule has 1 fully saturated rings. The van der Waals surface area contributed by atoms with E-state index >= 15 is 0 Å². The highest BCUT2D eigenvalue weighted by Crippen LogP contribution is 2.27. The van der Waals surface area contributed by atoms with Gasteiger partial charge in [-0.25, -0.2) is 4.79 Å². The number of carbonyl (C=O) groups is 4. The van der Waals surface area contributed by atoms with E-state index in [0.29, 0.717) is 25.7 Å². The molecule has 1 saturated heterocycles. The summed E-state index contributed by atoms with van der Waals surface area (Å²) in [5.41, 5.74) is 0. The molecule has 468 valence electrons. The van der Waals surface area contributed by atoms with E-state index in [1.54, 1.807) is 0 Å². The summed E-state index contributed by atoms with van der Waals surface area (Å²) < 4.78 is 28.5. The topological polar surface area (TPSA) is 175 Å². The van der Waals surface area contributed by atoms with E-state index < -0.39 is 67.3 Å². The number of carbonyl (C=O) groups excluding carboxylic acids is 3. The fourth-order valence-corrected chi connectivity index (χ4v) is 10.1. The Bertz CT molecular complexity index is 1640. The van der Waals surface area contributed by atoms with Crippen LogP contribution in [0.15, 0.2) is 60.8 Å². The minimum absolute atomic E-state index is 0.0594. The Kier molecular flexibility index (Phi) is 53.0. The van der Waals surface area contributed by atoms with E-state index in [2.05, 4.69) is 75.5 Å². The summed E-state index contributed by atoms with van der Waals surface area (Å²) in [5.74, 6) is -3.17. The van der Waals surface area contributed by atoms with Crippen molar-refractivity contribution in [2.24, 2.45) is 0 Å². The normalized spacial score (nSPS) is 18.1. The third-order valence-electron chi connectivity index (χ3n) is 15.1. The highest BCUT2D eigenvalue weighted by Gasteiger charge is 2.50. The average Bonchev–Trinajstić information content (AvgIpc) is 3.53. The zero-order valence-corrected chi connectivity index (χ0v) is 51.8. The van der Waals surface area contributed by atoms with Crippen LogP contribution in [0, 0.1) is 0 Å². The summed E-state index contributed by atoms with van der Waals surface area (Å²) in [6.07, 6.45) is 59.0. The first kappa shape index (κ1) is 75.4. The van der Waals surface area contributed by atoms with Crippen molar-refractivity contribution in [3.8, 4) is 0 Å². The fraction of sp³-hybridized carbons (Fsp3) is 0.797. The first-order chi connectivity index (χ1) is 39.6. The third-order valence-corrected chi connectivity index (χ3v) is 15.1. The number of carboxylic acid groups (broad SMARTS) is 1. The van der Waals surface area contributed by atoms with Crippen molar-refractivity contribution in [1.82, 2.24) is 0 Å². The molecule has 0 bridgehead atoms. The Morgan fingerprint density at radius 2 is 0.778 bits per heavy atom. The van der Waals surface area contributed by atoms with Crippen LogP contribution >= 0.6 is 0 Å². The molecule has 0 saturated carbocycles. The molecule has 1 rings (SSSR count). The molecule has 6 atom stereocenters. The maximum Gasteiger partial charge on any atom is 0.335 e. The van der Waals surface area contributed by atoms with Crippen molar-refractivity contribution in [1.29, 1.82) is 0 Å². The lowest BCUT2D eigenvalue weighted by atomic mass is 9.98. The smallest absolute Gasteiger partial charge is 0.335 e. The van der Waals surface area contributed by atoms with Gasteiger partial charge in [-0.15, -0.1) is 0 Å². The van der Waals surface area contributed by atoms with Crippen LogP contribution < -0.4 is 0 Å². The molecule has 1 aliphatic heterocycles. The van der Waals surface area contributed by atoms with Gasteiger partial charge in [0.2, 0.25) is 0 Å². The molecule has 1 heterocycles. The van der Waals surface area contributed by atoms with Gasteiger partial charge in [0, 0.05) is 19.3 Å². The van der Waals surface area contributed by atoms with Crippen molar-refractivity contribution in [2.75, 3.05) is 13.2 Å². The van der Waals surface area contributed by atoms with Crippen molar-refractivity contribution < 1.29 is 58.2 Å². The molecule has 3 N–H and O–H groups in total. The Balaban J connectivity index is 2.66. The summed E-state index contributed by atoms with van der Waals surface area (Å²) in [6.45, 7) is 5.88. The highest BCUT2D eigenvalue weighted by molar-refractivity contribution is 5.74. The Labute approximate surface area is 494 Å². The monoisotopic (exact) mass is 1140 g/mol. The molecule has 6 unspecified atom stereocenters. The molecule has 0 radical (unpaired) electrons. The number of unbranched alkanes of at least 4 members (excludes halogenated alkanes) is 33. The lowest BCUT2D eigenvalue weighted by Crippen LogP contribution is -2.61. The third kappa shape index (κ3) is 46.5. The number of aliphatic hydroxyl groups excluding tert-OH is 2. The van der Waals surface area contributed by atoms with E-state index in [0.717, 1.165) is 77.0 Å². The van der Waals surface area contributed by atoms with Gasteiger partial charge in [-0.1, -0.05) is 287 Å². The second kappa shape index (κ2) is 56.9. The van der Waals surface area contributed by atoms with E-state index in [4.69, 9.17) is 23.7 Å². The predicted octanol–water partition coefficient (Wildman–Crippen LogP) is 17.9. The number of aliphatic carboxylic acids is 1. The van der Waals surface area contributed by atoms with Gasteiger partial charge in [0.15, 0.2) is 24.6 Å². The van der Waals surface area contributed by atoms with Crippen molar-refractivity contribution in [3.63, 3.8) is 0 Å². The molecule has 0 aromatic carbocycles. The number of carboxylic acids is 1. The summed E-state index contributed by atoms with van der Waals surface area (Å²) in [5, 5.41) is 31.6. The quantitative estimate of drug-likeness (QED) is 0.0228. The SMILES string of the molecule is CC/C=C\C/C=C\C/C=C\C/C=C\C/C=C\CCCC(=O)OCC(COC1OC(C(=O)O)C(O)C(O)C1OC(=O)CCCCCCCCCCCCCCCCCCCCC)OC(=O)CCCCCCCCCCCCCCCCC. The zero-order chi connectivity index (χ0) is 58.9. The number of hydrogen-bond donors (Lipinski definition) is 3. The molecule has 0 aromatic rings. The zero-order valence-electron chi connectivity index (χ0n) is 51.8. The fourth-order valence-electron chi connectivity index (χ4n) is 10.1. The number of rotatable bonds is 57. The first-order valence-electron chi connectivity index (χ1n) is 33.3. The van der Waals surface area contributed by atoms with Crippen LogP contribution in [-0.4, -0.2) is 89.2 Å². The standard InChI is InChI=1S/C69H120O12/c1-4-7-10-13-16-19-22-25-28-30-31-33-36-39-42-45-48-51-54-57-63(72)80-67-65(74)64(73)66(68(75)76)81-69(67)78-59-60(79-62(71)56-53-50-47-44-41-38-34-27-24-21-18-15-12-9-6-3)58-77-61(70)55-52-49-46-43-40-37-35-32-29-26-23-20-17-14-11-8-5-2/h8,11,17,20,26,29,35,37,43,46,60,64-67,69,73-74H,4-7,9-10,12-16,18-19,21-25,27-28,30-34,36,38-42,44-45,47-59H2,1-3H3,(H,75,76)/b11-8-,20-17-,29-26-,37-35-,46-43-. The minimum atomic E-state index is -1.91. The molecule has 1 aliphatic rings. The summed E-state index contributed by atoms with van der Waals surface area (Å²) >= 11 is 0. The number of aliphatic hydroxyl groups is 2. The largest absolute Gasteiger partial charge is 0.479 e. The molecular formula is C69H120O12. The van der Waals surface area contributed by atoms with E-state index in [1.165, 1.54) is 161 Å². The van der Waals surface area contributed by atoms with Crippen LogP contribution in [0.5, 0.6) is 0 Å². The number of allylic oxidation sites excluding steroid dienone is 10. The Morgan fingerprint density at radius 1 is 0.420 bits per heavy atom. The lowest BCUT2D eigenvalue weighted by Gasteiger charge is -2.40. The van der Waals surface area contributed by atoms with Gasteiger partial charge < -0.3 is 39.0 Å². The average molecular weight is 1140 g/mol. The van der Waals surface area contributed by atoms with Crippen LogP contribution in [0.4, 0.5) is 0 Å². The van der Waals surface area contributed by atoms with Crippen molar-refractivity contribution in [3.05, 3.63) is 60.8 Å². The van der Waals surface area contributed by atoms with Crippen LogP contribution in [0.3, 0.4) is 0 Å². The Morgan fingerprint density at radius 3 is 1.17 bits per heavy atom. The number of hydrogen-bond acceptors (Lipinski definition) is 11. The van der Waals surface area contributed by atoms with E-state index in [9.17, 15) is 34.5 Å². The van der Waals surface area contributed by atoms with Gasteiger partial charge in [0.1, 0.15) is 18.8 Å². The molecule has 12 nitrogen and oxygen atoms in total. The first-order valence-corrected chi connectivity index (χ1v) is 33.3. The molecule has 81 heavy (non-hydrogen) atoms. The van der Waals surface area contributed by atoms with Gasteiger partial charge in [-0.2, -0.15) is 0 Å². The minimum Gasteiger partial charge on any atom is -0.479 e. The van der Waals surface area contributed by atoms with E-state index in [-0.39, 0.29) is 25.9 Å². The van der Waals surface area contributed by atoms with Crippen LogP contribution in [0.1, 0.15) is 303 Å². The molecule has 0 aliphatic carbocycles. The molecular weight excluding hydrogens is 1020 g/mol. The second-order valence-corrected chi connectivity index (χ2v) is 22.7. The molecule has 0 aromatic heterocycles. The molecule has 12 heteroatoms. The maximum absolute atomic E-state index is 13.2. The number of ether oxygens (including phenoxy) is 5. The van der Waals surface area contributed by atoms with E-state index in [1.807, 2.05) is 6.08 Å². The van der Waals surface area contributed by atoms with Gasteiger partial charge in [-0.05, 0) is 57.8 Å². The Hall–Kier alpha value is -3.58. The number of esters is 3. The maximum atomic E-state index is 13.2. The van der Waals surface area contributed by atoms with Gasteiger partial charge in [0.05, 0.1) is 6.61 Å². The molecule has 0 amide bonds. The van der Waals surface area contributed by atoms with Crippen molar-refractivity contribution >= 4 is 23.9 Å². The van der Waals surface area contributed by atoms with Crippen LogP contribution in [-0.2, 0) is 42.9 Å². The lowest BCUT2D eigenvalue weighted by molar-refractivity contribution is -0.301. The van der Waals surface area contributed by atoms with Gasteiger partial charge in [-0.3, -0.25) is 14.4 Å². The van der Waals surface area contributed by atoms with Crippen LogP contribution in [0.2, 0.25) is 0 Å².